The molecule has 170 valence electrons. The molecule has 0 saturated carbocycles. The molecule has 0 fully saturated rings. The lowest BCUT2D eigenvalue weighted by Crippen LogP contribution is -2.24. The molecule has 1 amide bonds. The topological polar surface area (TPSA) is 77.0 Å². The summed E-state index contributed by atoms with van der Waals surface area (Å²) >= 11 is 6.83. The van der Waals surface area contributed by atoms with E-state index in [0.29, 0.717) is 21.3 Å². The second-order valence-corrected chi connectivity index (χ2v) is 9.16. The van der Waals surface area contributed by atoms with E-state index in [-0.39, 0.29) is 12.4 Å². The lowest BCUT2D eigenvalue weighted by molar-refractivity contribution is -0.123. The Balaban J connectivity index is 1.67. The minimum Gasteiger partial charge on any atom is -0.484 e. The summed E-state index contributed by atoms with van der Waals surface area (Å²) in [6.45, 7) is 5.70. The first-order chi connectivity index (χ1) is 15.7. The molecule has 0 aliphatic carbocycles. The summed E-state index contributed by atoms with van der Waals surface area (Å²) in [5.41, 5.74) is 6.53. The summed E-state index contributed by atoms with van der Waals surface area (Å²) in [5.74, 6) is -0.0216. The first-order valence-electron chi connectivity index (χ1n) is 10.0. The van der Waals surface area contributed by atoms with Crippen molar-refractivity contribution in [1.82, 2.24) is 5.43 Å². The highest BCUT2D eigenvalue weighted by molar-refractivity contribution is 9.11. The average Bonchev–Trinajstić information content (AvgIpc) is 2.76. The zero-order valence-corrected chi connectivity index (χ0v) is 21.5. The number of carbonyl (C=O) groups is 2. The fourth-order valence-corrected chi connectivity index (χ4v) is 4.21. The second kappa shape index (κ2) is 11.2. The predicted molar refractivity (Wildman–Crippen MR) is 135 cm³/mol. The summed E-state index contributed by atoms with van der Waals surface area (Å²) in [6.07, 6.45) is 1.41. The number of carbonyl (C=O) groups excluding carboxylic acids is 2. The number of halogens is 2. The molecule has 3 aromatic carbocycles. The summed E-state index contributed by atoms with van der Waals surface area (Å²) in [4.78, 5) is 24.7. The van der Waals surface area contributed by atoms with E-state index in [9.17, 15) is 9.59 Å². The van der Waals surface area contributed by atoms with E-state index in [0.717, 1.165) is 21.2 Å². The second-order valence-electron chi connectivity index (χ2n) is 7.39. The summed E-state index contributed by atoms with van der Waals surface area (Å²) in [5, 5.41) is 3.99. The first kappa shape index (κ1) is 24.7. The molecular weight excluding hydrogens is 552 g/mol. The fourth-order valence-electron chi connectivity index (χ4n) is 2.87. The third-order valence-electron chi connectivity index (χ3n) is 4.73. The molecule has 3 aromatic rings. The van der Waals surface area contributed by atoms with Gasteiger partial charge in [0.15, 0.2) is 12.4 Å². The Morgan fingerprint density at radius 1 is 1.00 bits per heavy atom. The van der Waals surface area contributed by atoms with Gasteiger partial charge in [-0.2, -0.15) is 5.10 Å². The monoisotopic (exact) mass is 572 g/mol. The maximum atomic E-state index is 12.6. The van der Waals surface area contributed by atoms with Crippen LogP contribution in [0.2, 0.25) is 0 Å². The molecule has 0 spiro atoms. The number of hydrogen-bond donors (Lipinski definition) is 1. The molecule has 0 heterocycles. The molecule has 8 heteroatoms. The summed E-state index contributed by atoms with van der Waals surface area (Å²) in [6, 6.07) is 16.2. The van der Waals surface area contributed by atoms with Crippen molar-refractivity contribution in [2.75, 3.05) is 6.61 Å². The Bertz CT molecular complexity index is 1230. The van der Waals surface area contributed by atoms with Crippen LogP contribution >= 0.6 is 31.9 Å². The van der Waals surface area contributed by atoms with Crippen LogP contribution in [0.1, 0.15) is 32.6 Å². The highest BCUT2D eigenvalue weighted by Gasteiger charge is 2.15. The molecule has 0 unspecified atom stereocenters. The van der Waals surface area contributed by atoms with Gasteiger partial charge >= 0.3 is 5.97 Å². The molecular formula is C25H22Br2N2O4. The number of ether oxygens (including phenoxy) is 2. The Hall–Kier alpha value is -2.97. The lowest BCUT2D eigenvalue weighted by atomic mass is 10.1. The Labute approximate surface area is 209 Å². The molecule has 0 aliphatic rings. The number of rotatable bonds is 7. The molecule has 0 atom stereocenters. The molecule has 33 heavy (non-hydrogen) atoms. The van der Waals surface area contributed by atoms with Crippen LogP contribution in [0.3, 0.4) is 0 Å². The number of benzene rings is 3. The number of nitrogens with zero attached hydrogens (tertiary/aromatic N) is 1. The van der Waals surface area contributed by atoms with Crippen molar-refractivity contribution in [2.45, 2.75) is 20.8 Å². The molecule has 0 aliphatic heterocycles. The first-order valence-corrected chi connectivity index (χ1v) is 11.6. The van der Waals surface area contributed by atoms with Gasteiger partial charge in [-0.3, -0.25) is 4.79 Å². The smallest absolute Gasteiger partial charge is 0.343 e. The van der Waals surface area contributed by atoms with Crippen molar-refractivity contribution in [2.24, 2.45) is 5.10 Å². The number of aryl methyl sites for hydroxylation is 3. The van der Waals surface area contributed by atoms with Gasteiger partial charge in [0.1, 0.15) is 5.75 Å². The zero-order valence-electron chi connectivity index (χ0n) is 18.3. The molecule has 0 aromatic heterocycles. The molecule has 0 saturated heterocycles. The third-order valence-corrected chi connectivity index (χ3v) is 5.77. The predicted octanol–water partition coefficient (Wildman–Crippen LogP) is 5.89. The van der Waals surface area contributed by atoms with Crippen LogP contribution in [0.15, 0.2) is 68.6 Å². The van der Waals surface area contributed by atoms with Crippen LogP contribution in [-0.4, -0.2) is 24.7 Å². The Morgan fingerprint density at radius 2 is 1.79 bits per heavy atom. The number of amides is 1. The highest BCUT2D eigenvalue weighted by Crippen LogP contribution is 2.32. The number of nitrogens with one attached hydrogen (secondary N) is 1. The largest absolute Gasteiger partial charge is 0.484 e. The quantitative estimate of drug-likeness (QED) is 0.166. The van der Waals surface area contributed by atoms with Crippen molar-refractivity contribution < 1.29 is 19.1 Å². The van der Waals surface area contributed by atoms with E-state index in [1.54, 1.807) is 30.3 Å². The van der Waals surface area contributed by atoms with Gasteiger partial charge in [0.2, 0.25) is 0 Å². The van der Waals surface area contributed by atoms with Gasteiger partial charge < -0.3 is 9.47 Å². The molecule has 6 nitrogen and oxygen atoms in total. The SMILES string of the molecule is Cc1cccc(C(=O)Oc2c(Br)cc(Br)cc2/C=N/NC(=O)COc2ccc(C)c(C)c2)c1. The van der Waals surface area contributed by atoms with Crippen molar-refractivity contribution in [3.05, 3.63) is 91.4 Å². The number of hydrogen-bond acceptors (Lipinski definition) is 5. The van der Waals surface area contributed by atoms with E-state index < -0.39 is 11.9 Å². The lowest BCUT2D eigenvalue weighted by Gasteiger charge is -2.11. The van der Waals surface area contributed by atoms with Gasteiger partial charge in [0.05, 0.1) is 16.3 Å². The summed E-state index contributed by atoms with van der Waals surface area (Å²) < 4.78 is 12.4. The van der Waals surface area contributed by atoms with Crippen LogP contribution in [0.25, 0.3) is 0 Å². The van der Waals surface area contributed by atoms with Gasteiger partial charge in [0.25, 0.3) is 5.91 Å². The van der Waals surface area contributed by atoms with Crippen LogP contribution in [0.4, 0.5) is 0 Å². The van der Waals surface area contributed by atoms with E-state index in [2.05, 4.69) is 42.4 Å². The van der Waals surface area contributed by atoms with Gasteiger partial charge in [-0.1, -0.05) is 39.7 Å². The minimum absolute atomic E-state index is 0.183. The van der Waals surface area contributed by atoms with Crippen molar-refractivity contribution >= 4 is 50.0 Å². The number of hydrazone groups is 1. The zero-order chi connectivity index (χ0) is 24.0. The van der Waals surface area contributed by atoms with Gasteiger partial charge in [0, 0.05) is 10.0 Å². The molecule has 3 rings (SSSR count). The molecule has 0 radical (unpaired) electrons. The van der Waals surface area contributed by atoms with Crippen LogP contribution in [0.5, 0.6) is 11.5 Å². The molecule has 1 N–H and O–H groups in total. The minimum atomic E-state index is -0.498. The maximum absolute atomic E-state index is 12.6. The van der Waals surface area contributed by atoms with Gasteiger partial charge in [-0.15, -0.1) is 0 Å². The van der Waals surface area contributed by atoms with E-state index in [4.69, 9.17) is 9.47 Å². The normalized spacial score (nSPS) is 10.8. The fraction of sp³-hybridized carbons (Fsp3) is 0.160. The standard InChI is InChI=1S/C25H22Br2N2O4/c1-15-5-4-6-18(9-15)25(31)33-24-19(11-20(26)12-22(24)27)13-28-29-23(30)14-32-21-8-7-16(2)17(3)10-21/h4-13H,14H2,1-3H3,(H,29,30)/b28-13+. The van der Waals surface area contributed by atoms with Crippen molar-refractivity contribution in [1.29, 1.82) is 0 Å². The Kier molecular flexibility index (Phi) is 8.41. The third kappa shape index (κ3) is 7.00. The summed E-state index contributed by atoms with van der Waals surface area (Å²) in [7, 11) is 0. The van der Waals surface area contributed by atoms with E-state index in [1.165, 1.54) is 6.21 Å². The average molecular weight is 574 g/mol. The van der Waals surface area contributed by atoms with Crippen molar-refractivity contribution in [3.8, 4) is 11.5 Å². The van der Waals surface area contributed by atoms with Gasteiger partial charge in [-0.25, -0.2) is 10.2 Å². The number of esters is 1. The maximum Gasteiger partial charge on any atom is 0.343 e. The van der Waals surface area contributed by atoms with Crippen LogP contribution in [0, 0.1) is 20.8 Å². The van der Waals surface area contributed by atoms with Gasteiger partial charge in [-0.05, 0) is 84.2 Å². The molecule has 0 bridgehead atoms. The highest BCUT2D eigenvalue weighted by atomic mass is 79.9. The van der Waals surface area contributed by atoms with E-state index >= 15 is 0 Å². The Morgan fingerprint density at radius 3 is 2.52 bits per heavy atom. The van der Waals surface area contributed by atoms with Crippen LogP contribution in [-0.2, 0) is 4.79 Å². The van der Waals surface area contributed by atoms with Crippen LogP contribution < -0.4 is 14.9 Å². The van der Waals surface area contributed by atoms with Crippen molar-refractivity contribution in [3.63, 3.8) is 0 Å². The van der Waals surface area contributed by atoms with E-state index in [1.807, 2.05) is 45.0 Å².